The molecular formula is C12H17NO. The Morgan fingerprint density at radius 2 is 2.07 bits per heavy atom. The molecule has 0 bridgehead atoms. The first-order valence-corrected chi connectivity index (χ1v) is 5.04. The van der Waals surface area contributed by atoms with E-state index in [-0.39, 0.29) is 5.54 Å². The number of fused-ring (bicyclic) bond motifs is 1. The SMILES string of the molecule is Cc1cc(C)c2c(c1)C(C)(N)CCO2. The van der Waals surface area contributed by atoms with Crippen LogP contribution in [0.4, 0.5) is 0 Å². The van der Waals surface area contributed by atoms with Crippen molar-refractivity contribution < 1.29 is 4.74 Å². The van der Waals surface area contributed by atoms with Crippen LogP contribution in [-0.2, 0) is 5.54 Å². The first-order valence-electron chi connectivity index (χ1n) is 5.04. The van der Waals surface area contributed by atoms with Gasteiger partial charge in [0.2, 0.25) is 0 Å². The molecule has 0 aliphatic carbocycles. The third-order valence-corrected chi connectivity index (χ3v) is 2.90. The minimum absolute atomic E-state index is 0.232. The lowest BCUT2D eigenvalue weighted by Gasteiger charge is -2.33. The topological polar surface area (TPSA) is 35.2 Å². The summed E-state index contributed by atoms with van der Waals surface area (Å²) in [5.74, 6) is 0.992. The average molecular weight is 191 g/mol. The zero-order chi connectivity index (χ0) is 10.3. The van der Waals surface area contributed by atoms with Gasteiger partial charge in [0.15, 0.2) is 0 Å². The molecule has 0 amide bonds. The molecular weight excluding hydrogens is 174 g/mol. The van der Waals surface area contributed by atoms with Crippen molar-refractivity contribution in [1.82, 2.24) is 0 Å². The van der Waals surface area contributed by atoms with Crippen LogP contribution in [0.2, 0.25) is 0 Å². The summed E-state index contributed by atoms with van der Waals surface area (Å²) in [6.07, 6.45) is 0.892. The molecule has 1 aromatic carbocycles. The molecule has 14 heavy (non-hydrogen) atoms. The Bertz CT molecular complexity index is 369. The van der Waals surface area contributed by atoms with Crippen molar-refractivity contribution >= 4 is 0 Å². The number of hydrogen-bond acceptors (Lipinski definition) is 2. The van der Waals surface area contributed by atoms with Crippen molar-refractivity contribution in [2.24, 2.45) is 5.73 Å². The molecule has 0 saturated heterocycles. The third-order valence-electron chi connectivity index (χ3n) is 2.90. The van der Waals surface area contributed by atoms with Crippen LogP contribution < -0.4 is 10.5 Å². The zero-order valence-electron chi connectivity index (χ0n) is 9.05. The van der Waals surface area contributed by atoms with Gasteiger partial charge in [-0.25, -0.2) is 0 Å². The number of rotatable bonds is 0. The largest absolute Gasteiger partial charge is 0.493 e. The van der Waals surface area contributed by atoms with Crippen LogP contribution in [0.25, 0.3) is 0 Å². The number of nitrogens with two attached hydrogens (primary N) is 1. The van der Waals surface area contributed by atoms with Gasteiger partial charge < -0.3 is 10.5 Å². The highest BCUT2D eigenvalue weighted by Gasteiger charge is 2.30. The highest BCUT2D eigenvalue weighted by molar-refractivity contribution is 5.48. The van der Waals surface area contributed by atoms with Crippen LogP contribution in [0.3, 0.4) is 0 Å². The fraction of sp³-hybridized carbons (Fsp3) is 0.500. The Balaban J connectivity index is 2.63. The van der Waals surface area contributed by atoms with Gasteiger partial charge in [-0.1, -0.05) is 17.7 Å². The molecule has 0 spiro atoms. The summed E-state index contributed by atoms with van der Waals surface area (Å²) in [4.78, 5) is 0. The molecule has 76 valence electrons. The Kier molecular flexibility index (Phi) is 2.04. The molecule has 1 atom stereocenters. The number of benzene rings is 1. The Hall–Kier alpha value is -1.02. The van der Waals surface area contributed by atoms with Gasteiger partial charge in [-0.2, -0.15) is 0 Å². The summed E-state index contributed by atoms with van der Waals surface area (Å²) >= 11 is 0. The molecule has 0 fully saturated rings. The minimum atomic E-state index is -0.232. The van der Waals surface area contributed by atoms with Crippen LogP contribution >= 0.6 is 0 Å². The standard InChI is InChI=1S/C12H17NO/c1-8-6-9(2)11-10(7-8)12(3,13)4-5-14-11/h6-7H,4-5,13H2,1-3H3. The maximum atomic E-state index is 6.25. The summed E-state index contributed by atoms with van der Waals surface area (Å²) in [5.41, 5.74) is 9.61. The number of aryl methyl sites for hydroxylation is 2. The van der Waals surface area contributed by atoms with Crippen LogP contribution in [-0.4, -0.2) is 6.61 Å². The molecule has 0 radical (unpaired) electrons. The lowest BCUT2D eigenvalue weighted by atomic mass is 9.85. The van der Waals surface area contributed by atoms with E-state index < -0.39 is 0 Å². The summed E-state index contributed by atoms with van der Waals surface area (Å²) in [7, 11) is 0. The fourth-order valence-corrected chi connectivity index (χ4v) is 2.07. The van der Waals surface area contributed by atoms with Crippen molar-refractivity contribution in [3.05, 3.63) is 28.8 Å². The minimum Gasteiger partial charge on any atom is -0.493 e. The number of hydrogen-bond donors (Lipinski definition) is 1. The molecule has 2 N–H and O–H groups in total. The summed E-state index contributed by atoms with van der Waals surface area (Å²) in [5, 5.41) is 0. The van der Waals surface area contributed by atoms with Crippen molar-refractivity contribution in [3.8, 4) is 5.75 Å². The summed E-state index contributed by atoms with van der Waals surface area (Å²) in [6.45, 7) is 6.97. The third kappa shape index (κ3) is 1.40. The van der Waals surface area contributed by atoms with Crippen molar-refractivity contribution in [1.29, 1.82) is 0 Å². The molecule has 1 aromatic rings. The molecule has 1 heterocycles. The monoisotopic (exact) mass is 191 g/mol. The molecule has 1 unspecified atom stereocenters. The van der Waals surface area contributed by atoms with Gasteiger partial charge in [0.25, 0.3) is 0 Å². The van der Waals surface area contributed by atoms with Crippen LogP contribution in [0.1, 0.15) is 30.0 Å². The van der Waals surface area contributed by atoms with Gasteiger partial charge in [0, 0.05) is 17.5 Å². The second-order valence-electron chi connectivity index (χ2n) is 4.47. The van der Waals surface area contributed by atoms with Crippen LogP contribution in [0, 0.1) is 13.8 Å². The van der Waals surface area contributed by atoms with Crippen LogP contribution in [0.15, 0.2) is 12.1 Å². The molecule has 2 heteroatoms. The van der Waals surface area contributed by atoms with E-state index in [1.807, 2.05) is 0 Å². The fourth-order valence-electron chi connectivity index (χ4n) is 2.07. The average Bonchev–Trinajstić information content (AvgIpc) is 2.06. The van der Waals surface area contributed by atoms with E-state index in [4.69, 9.17) is 10.5 Å². The molecule has 1 aliphatic rings. The maximum absolute atomic E-state index is 6.25. The van der Waals surface area contributed by atoms with Gasteiger partial charge in [-0.3, -0.25) is 0 Å². The van der Waals surface area contributed by atoms with E-state index in [9.17, 15) is 0 Å². The first kappa shape index (κ1) is 9.53. The lowest BCUT2D eigenvalue weighted by Crippen LogP contribution is -2.38. The van der Waals surface area contributed by atoms with E-state index in [1.54, 1.807) is 0 Å². The highest BCUT2D eigenvalue weighted by atomic mass is 16.5. The van der Waals surface area contributed by atoms with Gasteiger partial charge in [-0.15, -0.1) is 0 Å². The Morgan fingerprint density at radius 3 is 2.79 bits per heavy atom. The smallest absolute Gasteiger partial charge is 0.127 e. The van der Waals surface area contributed by atoms with Crippen molar-refractivity contribution in [2.75, 3.05) is 6.61 Å². The van der Waals surface area contributed by atoms with E-state index in [1.165, 1.54) is 11.1 Å². The van der Waals surface area contributed by atoms with Crippen molar-refractivity contribution in [3.63, 3.8) is 0 Å². The predicted molar refractivity (Wildman–Crippen MR) is 57.6 cm³/mol. The van der Waals surface area contributed by atoms with Gasteiger partial charge >= 0.3 is 0 Å². The van der Waals surface area contributed by atoms with E-state index in [0.29, 0.717) is 0 Å². The second kappa shape index (κ2) is 2.99. The molecule has 2 rings (SSSR count). The van der Waals surface area contributed by atoms with Crippen molar-refractivity contribution in [2.45, 2.75) is 32.7 Å². The lowest BCUT2D eigenvalue weighted by molar-refractivity contribution is 0.226. The molecule has 0 aromatic heterocycles. The predicted octanol–water partition coefficient (Wildman–Crippen LogP) is 2.26. The van der Waals surface area contributed by atoms with E-state index in [0.717, 1.165) is 24.3 Å². The summed E-state index contributed by atoms with van der Waals surface area (Å²) < 4.78 is 5.66. The van der Waals surface area contributed by atoms with Gasteiger partial charge in [-0.05, 0) is 26.3 Å². The van der Waals surface area contributed by atoms with Gasteiger partial charge in [0.1, 0.15) is 5.75 Å². The normalized spacial score (nSPS) is 25.4. The molecule has 1 aliphatic heterocycles. The highest BCUT2D eigenvalue weighted by Crippen LogP contribution is 2.37. The zero-order valence-corrected chi connectivity index (χ0v) is 9.05. The van der Waals surface area contributed by atoms with Crippen LogP contribution in [0.5, 0.6) is 5.75 Å². The summed E-state index contributed by atoms with van der Waals surface area (Å²) in [6, 6.07) is 4.28. The Labute approximate surface area is 85.1 Å². The number of ether oxygens (including phenoxy) is 1. The second-order valence-corrected chi connectivity index (χ2v) is 4.47. The van der Waals surface area contributed by atoms with E-state index in [2.05, 4.69) is 32.9 Å². The first-order chi connectivity index (χ1) is 6.50. The van der Waals surface area contributed by atoms with E-state index >= 15 is 0 Å². The Morgan fingerprint density at radius 1 is 1.36 bits per heavy atom. The maximum Gasteiger partial charge on any atom is 0.127 e. The molecule has 0 saturated carbocycles. The molecule has 2 nitrogen and oxygen atoms in total. The van der Waals surface area contributed by atoms with Gasteiger partial charge in [0.05, 0.1) is 6.61 Å². The quantitative estimate of drug-likeness (QED) is 0.682.